The molecule has 1 unspecified atom stereocenters. The van der Waals surface area contributed by atoms with Crippen LogP contribution in [0.15, 0.2) is 72.9 Å². The number of esters is 3. The van der Waals surface area contributed by atoms with E-state index in [0.717, 1.165) is 103 Å². The fraction of sp³-hybridized carbons (Fsp3) is 0.789. The largest absolute Gasteiger partial charge is 0.462 e. The third-order valence-corrected chi connectivity index (χ3v) is 14.7. The van der Waals surface area contributed by atoms with Crippen LogP contribution in [-0.2, 0) is 28.6 Å². The number of allylic oxidation sites excluding steroid dienone is 12. The molecule has 0 aliphatic heterocycles. The summed E-state index contributed by atoms with van der Waals surface area (Å²) in [7, 11) is 0. The van der Waals surface area contributed by atoms with Crippen LogP contribution >= 0.6 is 0 Å². The summed E-state index contributed by atoms with van der Waals surface area (Å²) in [6, 6.07) is 0. The van der Waals surface area contributed by atoms with Crippen LogP contribution in [0.25, 0.3) is 0 Å². The van der Waals surface area contributed by atoms with Gasteiger partial charge < -0.3 is 14.2 Å². The Morgan fingerprint density at radius 2 is 0.519 bits per heavy atom. The molecule has 0 aliphatic rings. The van der Waals surface area contributed by atoms with Gasteiger partial charge in [0.1, 0.15) is 13.2 Å². The molecule has 446 valence electrons. The summed E-state index contributed by atoms with van der Waals surface area (Å²) in [5, 5.41) is 0. The summed E-state index contributed by atoms with van der Waals surface area (Å²) in [5.74, 6) is -0.937. The summed E-state index contributed by atoms with van der Waals surface area (Å²) >= 11 is 0. The molecule has 0 bridgehead atoms. The Balaban J connectivity index is 4.19. The van der Waals surface area contributed by atoms with Gasteiger partial charge in [-0.05, 0) is 83.5 Å². The Morgan fingerprint density at radius 3 is 0.857 bits per heavy atom. The molecule has 6 heteroatoms. The number of carbonyl (C=O) groups is 3. The van der Waals surface area contributed by atoms with E-state index in [1.54, 1.807) is 0 Å². The molecular formula is C71H126O6. The topological polar surface area (TPSA) is 78.9 Å². The SMILES string of the molecule is CC/C=C\C/C=C\C/C=C\C/C=C\CCCCC(=O)OC(COC(=O)CCCCCCC/C=C\C/C=C\CCCC)COC(=O)CCCCCCCCCCCCCCCCCCCCCCCCCCCCCCCC. The monoisotopic (exact) mass is 1070 g/mol. The molecule has 0 amide bonds. The van der Waals surface area contributed by atoms with Gasteiger partial charge in [-0.25, -0.2) is 0 Å². The smallest absolute Gasteiger partial charge is 0.306 e. The maximum atomic E-state index is 12.9. The van der Waals surface area contributed by atoms with Gasteiger partial charge in [-0.3, -0.25) is 14.4 Å². The lowest BCUT2D eigenvalue weighted by Gasteiger charge is -2.18. The minimum atomic E-state index is -0.803. The van der Waals surface area contributed by atoms with Crippen molar-refractivity contribution < 1.29 is 28.6 Å². The van der Waals surface area contributed by atoms with Gasteiger partial charge in [0.05, 0.1) is 0 Å². The van der Waals surface area contributed by atoms with Gasteiger partial charge in [0, 0.05) is 19.3 Å². The normalized spacial score (nSPS) is 12.5. The third kappa shape index (κ3) is 63.6. The van der Waals surface area contributed by atoms with Crippen molar-refractivity contribution in [3.8, 4) is 0 Å². The number of carbonyl (C=O) groups excluding carboxylic acids is 3. The first-order valence-corrected chi connectivity index (χ1v) is 33.4. The van der Waals surface area contributed by atoms with E-state index in [0.29, 0.717) is 19.3 Å². The van der Waals surface area contributed by atoms with Crippen LogP contribution < -0.4 is 0 Å². The van der Waals surface area contributed by atoms with Crippen molar-refractivity contribution >= 4 is 17.9 Å². The van der Waals surface area contributed by atoms with Gasteiger partial charge in [-0.15, -0.1) is 0 Å². The van der Waals surface area contributed by atoms with Gasteiger partial charge >= 0.3 is 17.9 Å². The zero-order valence-electron chi connectivity index (χ0n) is 51.2. The van der Waals surface area contributed by atoms with Crippen molar-refractivity contribution in [1.29, 1.82) is 0 Å². The number of hydrogen-bond donors (Lipinski definition) is 0. The first-order chi connectivity index (χ1) is 38.0. The number of rotatable bonds is 61. The quantitative estimate of drug-likeness (QED) is 0.0261. The number of hydrogen-bond acceptors (Lipinski definition) is 6. The van der Waals surface area contributed by atoms with E-state index in [-0.39, 0.29) is 37.5 Å². The lowest BCUT2D eigenvalue weighted by molar-refractivity contribution is -0.167. The van der Waals surface area contributed by atoms with Crippen molar-refractivity contribution in [1.82, 2.24) is 0 Å². The highest BCUT2D eigenvalue weighted by molar-refractivity contribution is 5.71. The molecule has 0 N–H and O–H groups in total. The highest BCUT2D eigenvalue weighted by Crippen LogP contribution is 2.18. The summed E-state index contributed by atoms with van der Waals surface area (Å²) in [6.45, 7) is 6.48. The van der Waals surface area contributed by atoms with E-state index in [2.05, 4.69) is 93.7 Å². The van der Waals surface area contributed by atoms with E-state index < -0.39 is 6.10 Å². The molecule has 0 aromatic heterocycles. The van der Waals surface area contributed by atoms with Crippen LogP contribution in [0.4, 0.5) is 0 Å². The molecule has 0 aliphatic carbocycles. The molecular weight excluding hydrogens is 949 g/mol. The van der Waals surface area contributed by atoms with E-state index in [9.17, 15) is 14.4 Å². The van der Waals surface area contributed by atoms with Gasteiger partial charge in [-0.2, -0.15) is 0 Å². The molecule has 0 heterocycles. The maximum Gasteiger partial charge on any atom is 0.306 e. The fourth-order valence-corrected chi connectivity index (χ4v) is 9.69. The molecule has 0 aromatic rings. The van der Waals surface area contributed by atoms with Crippen molar-refractivity contribution in [2.75, 3.05) is 13.2 Å². The fourth-order valence-electron chi connectivity index (χ4n) is 9.69. The molecule has 0 radical (unpaired) electrons. The molecule has 0 spiro atoms. The average Bonchev–Trinajstić information content (AvgIpc) is 3.43. The standard InChI is InChI=1S/C71H126O6/c1-4-7-10-13-16-19-22-25-28-29-30-31-32-33-34-35-36-37-38-39-40-41-42-44-46-49-52-55-58-61-64-70(73)76-67-68(66-75-69(72)63-60-57-54-51-48-45-27-24-21-18-15-12-9-6-3)77-71(74)65-62-59-56-53-50-47-43-26-23-20-17-14-11-8-5-2/h8,11,15,17-18,20,24,26-27,43,50,53,68H,4-7,9-10,12-14,16,19,21-23,25,28-42,44-49,51-52,54-67H2,1-3H3/b11-8-,18-15-,20-17-,27-24-,43-26-,53-50-. The average molecular weight is 1080 g/mol. The van der Waals surface area contributed by atoms with Crippen molar-refractivity contribution in [3.63, 3.8) is 0 Å². The van der Waals surface area contributed by atoms with Crippen LogP contribution in [0.5, 0.6) is 0 Å². The van der Waals surface area contributed by atoms with E-state index >= 15 is 0 Å². The zero-order valence-corrected chi connectivity index (χ0v) is 51.2. The van der Waals surface area contributed by atoms with Crippen molar-refractivity contribution in [2.24, 2.45) is 0 Å². The predicted molar refractivity (Wildman–Crippen MR) is 335 cm³/mol. The molecule has 6 nitrogen and oxygen atoms in total. The molecule has 77 heavy (non-hydrogen) atoms. The number of ether oxygens (including phenoxy) is 3. The minimum Gasteiger partial charge on any atom is -0.462 e. The highest BCUT2D eigenvalue weighted by Gasteiger charge is 2.19. The van der Waals surface area contributed by atoms with Crippen LogP contribution in [-0.4, -0.2) is 37.2 Å². The second-order valence-electron chi connectivity index (χ2n) is 22.4. The van der Waals surface area contributed by atoms with Crippen molar-refractivity contribution in [3.05, 3.63) is 72.9 Å². The second kappa shape index (κ2) is 65.4. The second-order valence-corrected chi connectivity index (χ2v) is 22.4. The summed E-state index contributed by atoms with van der Waals surface area (Å²) in [5.41, 5.74) is 0. The number of unbranched alkanes of at least 4 members (excludes halogenated alkanes) is 38. The highest BCUT2D eigenvalue weighted by atomic mass is 16.6. The van der Waals surface area contributed by atoms with Gasteiger partial charge in [0.25, 0.3) is 0 Å². The van der Waals surface area contributed by atoms with Crippen LogP contribution in [0.3, 0.4) is 0 Å². The Hall–Kier alpha value is -3.15. The molecule has 0 rings (SSSR count). The Kier molecular flexibility index (Phi) is 62.7. The predicted octanol–water partition coefficient (Wildman–Crippen LogP) is 22.9. The molecule has 0 saturated carbocycles. The van der Waals surface area contributed by atoms with Gasteiger partial charge in [0.15, 0.2) is 6.10 Å². The molecule has 0 fully saturated rings. The molecule has 1 atom stereocenters. The zero-order chi connectivity index (χ0) is 55.7. The summed E-state index contributed by atoms with van der Waals surface area (Å²) in [6.07, 6.45) is 85.2. The van der Waals surface area contributed by atoms with E-state index in [1.165, 1.54) is 193 Å². The van der Waals surface area contributed by atoms with E-state index in [1.807, 2.05) is 0 Å². The molecule has 0 aromatic carbocycles. The van der Waals surface area contributed by atoms with Gasteiger partial charge in [0.2, 0.25) is 0 Å². The summed E-state index contributed by atoms with van der Waals surface area (Å²) < 4.78 is 16.9. The van der Waals surface area contributed by atoms with Crippen LogP contribution in [0.2, 0.25) is 0 Å². The molecule has 0 saturated heterocycles. The Bertz CT molecular complexity index is 1420. The lowest BCUT2D eigenvalue weighted by atomic mass is 10.0. The minimum absolute atomic E-state index is 0.0943. The lowest BCUT2D eigenvalue weighted by Crippen LogP contribution is -2.30. The Labute approximate surface area is 478 Å². The van der Waals surface area contributed by atoms with Gasteiger partial charge in [-0.1, -0.05) is 312 Å². The summed E-state index contributed by atoms with van der Waals surface area (Å²) in [4.78, 5) is 38.3. The maximum absolute atomic E-state index is 12.9. The van der Waals surface area contributed by atoms with Crippen LogP contribution in [0, 0.1) is 0 Å². The Morgan fingerprint density at radius 1 is 0.273 bits per heavy atom. The first-order valence-electron chi connectivity index (χ1n) is 33.4. The van der Waals surface area contributed by atoms with Crippen LogP contribution in [0.1, 0.15) is 342 Å². The first kappa shape index (κ1) is 73.8. The third-order valence-electron chi connectivity index (χ3n) is 14.7. The van der Waals surface area contributed by atoms with E-state index in [4.69, 9.17) is 14.2 Å². The van der Waals surface area contributed by atoms with Crippen molar-refractivity contribution in [2.45, 2.75) is 348 Å².